The summed E-state index contributed by atoms with van der Waals surface area (Å²) < 4.78 is 3.00. The number of nitrogens with zero attached hydrogens (tertiary/aromatic N) is 3. The average Bonchev–Trinajstić information content (AvgIpc) is 3.07. The maximum absolute atomic E-state index is 12.3. The highest BCUT2D eigenvalue weighted by Gasteiger charge is 2.16. The summed E-state index contributed by atoms with van der Waals surface area (Å²) in [6.07, 6.45) is 0. The number of aryl methyl sites for hydroxylation is 1. The third kappa shape index (κ3) is 2.23. The lowest BCUT2D eigenvalue weighted by Gasteiger charge is -2.03. The molecule has 0 radical (unpaired) electrons. The van der Waals surface area contributed by atoms with E-state index in [1.54, 1.807) is 11.3 Å². The molecule has 0 atom stereocenters. The van der Waals surface area contributed by atoms with Crippen molar-refractivity contribution in [1.82, 2.24) is 14.8 Å². The molecule has 3 heterocycles. The highest BCUT2D eigenvalue weighted by atomic mass is 32.1. The molecule has 1 amide bonds. The van der Waals surface area contributed by atoms with Gasteiger partial charge in [0.25, 0.3) is 5.91 Å². The Kier molecular flexibility index (Phi) is 3.31. The van der Waals surface area contributed by atoms with Crippen LogP contribution < -0.4 is 5.32 Å². The number of carbonyl (C=O) groups excluding carboxylic acids is 1. The van der Waals surface area contributed by atoms with Gasteiger partial charge in [0.2, 0.25) is 5.13 Å². The van der Waals surface area contributed by atoms with Crippen molar-refractivity contribution in [2.45, 2.75) is 19.8 Å². The maximum Gasteiger partial charge on any atom is 0.274 e. The molecule has 7 heteroatoms. The number of aromatic nitrogens is 3. The van der Waals surface area contributed by atoms with Crippen molar-refractivity contribution < 1.29 is 4.79 Å². The molecule has 3 rings (SSSR count). The van der Waals surface area contributed by atoms with Gasteiger partial charge in [-0.15, -0.1) is 21.5 Å². The van der Waals surface area contributed by atoms with Crippen LogP contribution in [0.2, 0.25) is 0 Å². The Balaban J connectivity index is 1.84. The van der Waals surface area contributed by atoms with E-state index in [2.05, 4.69) is 29.4 Å². The molecule has 0 fully saturated rings. The second-order valence-electron chi connectivity index (χ2n) is 4.81. The van der Waals surface area contributed by atoms with Gasteiger partial charge in [0.1, 0.15) is 10.7 Å². The molecule has 5 nitrogen and oxygen atoms in total. The molecule has 1 N–H and O–H groups in total. The van der Waals surface area contributed by atoms with E-state index in [1.165, 1.54) is 11.3 Å². The lowest BCUT2D eigenvalue weighted by molar-refractivity contribution is 0.101. The number of hydrogen-bond acceptors (Lipinski definition) is 5. The molecule has 0 spiro atoms. The van der Waals surface area contributed by atoms with Gasteiger partial charge >= 0.3 is 0 Å². The predicted octanol–water partition coefficient (Wildman–Crippen LogP) is 3.47. The smallest absolute Gasteiger partial charge is 0.274 e. The van der Waals surface area contributed by atoms with Crippen molar-refractivity contribution in [3.63, 3.8) is 0 Å². The molecule has 3 aromatic rings. The summed E-state index contributed by atoms with van der Waals surface area (Å²) in [5.41, 5.74) is 1.70. The van der Waals surface area contributed by atoms with E-state index in [1.807, 2.05) is 29.1 Å². The lowest BCUT2D eigenvalue weighted by atomic mass is 10.2. The number of carbonyl (C=O) groups is 1. The molecule has 0 aromatic carbocycles. The first-order valence-corrected chi connectivity index (χ1v) is 7.93. The number of nitrogens with one attached hydrogen (secondary N) is 1. The summed E-state index contributed by atoms with van der Waals surface area (Å²) in [4.78, 5) is 12.3. The fraction of sp³-hybridized carbons (Fsp3) is 0.308. The summed E-state index contributed by atoms with van der Waals surface area (Å²) in [5, 5.41) is 14.4. The zero-order chi connectivity index (χ0) is 14.3. The Labute approximate surface area is 124 Å². The zero-order valence-electron chi connectivity index (χ0n) is 11.4. The van der Waals surface area contributed by atoms with Crippen LogP contribution in [0.25, 0.3) is 10.2 Å². The van der Waals surface area contributed by atoms with Gasteiger partial charge in [-0.2, -0.15) is 0 Å². The minimum Gasteiger partial charge on any atom is -0.339 e. The van der Waals surface area contributed by atoms with E-state index in [0.717, 1.165) is 15.2 Å². The Morgan fingerprint density at radius 3 is 2.85 bits per heavy atom. The number of fused-ring (bicyclic) bond motifs is 1. The molecule has 104 valence electrons. The summed E-state index contributed by atoms with van der Waals surface area (Å²) in [6.45, 7) is 4.11. The molecule has 20 heavy (non-hydrogen) atoms. The second-order valence-corrected chi connectivity index (χ2v) is 6.77. The van der Waals surface area contributed by atoms with Gasteiger partial charge in [-0.05, 0) is 17.5 Å². The van der Waals surface area contributed by atoms with Crippen LogP contribution in [0.1, 0.15) is 35.3 Å². The Hall–Kier alpha value is -1.73. The predicted molar refractivity (Wildman–Crippen MR) is 82.7 cm³/mol. The fourth-order valence-corrected chi connectivity index (χ4v) is 3.54. The van der Waals surface area contributed by atoms with E-state index in [4.69, 9.17) is 0 Å². The van der Waals surface area contributed by atoms with Crippen molar-refractivity contribution in [3.8, 4) is 0 Å². The van der Waals surface area contributed by atoms with Gasteiger partial charge in [-0.25, -0.2) is 0 Å². The van der Waals surface area contributed by atoms with Gasteiger partial charge in [0.05, 0.1) is 10.2 Å². The van der Waals surface area contributed by atoms with E-state index < -0.39 is 0 Å². The van der Waals surface area contributed by atoms with Gasteiger partial charge in [-0.3, -0.25) is 10.1 Å². The number of amides is 1. The normalized spacial score (nSPS) is 11.4. The van der Waals surface area contributed by atoms with Gasteiger partial charge in [0, 0.05) is 13.0 Å². The molecule has 3 aromatic heterocycles. The molecule has 0 bridgehead atoms. The number of thiophene rings is 1. The first kappa shape index (κ1) is 13.3. The Morgan fingerprint density at radius 1 is 1.40 bits per heavy atom. The summed E-state index contributed by atoms with van der Waals surface area (Å²) in [5.74, 6) is 0.167. The van der Waals surface area contributed by atoms with Crippen molar-refractivity contribution in [2.75, 3.05) is 5.32 Å². The van der Waals surface area contributed by atoms with Crippen LogP contribution in [0, 0.1) is 0 Å². The van der Waals surface area contributed by atoms with Gasteiger partial charge < -0.3 is 4.57 Å². The Bertz CT molecular complexity index is 768. The third-order valence-corrected chi connectivity index (χ3v) is 5.04. The molecule has 0 aliphatic heterocycles. The van der Waals surface area contributed by atoms with Gasteiger partial charge in [0.15, 0.2) is 0 Å². The molecule has 0 aliphatic carbocycles. The van der Waals surface area contributed by atoms with Crippen LogP contribution in [0.15, 0.2) is 17.5 Å². The molecular formula is C13H14N4OS2. The number of anilines is 1. The fourth-order valence-electron chi connectivity index (χ4n) is 1.95. The third-order valence-electron chi connectivity index (χ3n) is 3.05. The summed E-state index contributed by atoms with van der Waals surface area (Å²) in [7, 11) is 1.89. The zero-order valence-corrected chi connectivity index (χ0v) is 13.0. The van der Waals surface area contributed by atoms with Crippen LogP contribution in [-0.4, -0.2) is 20.7 Å². The summed E-state index contributed by atoms with van der Waals surface area (Å²) >= 11 is 3.05. The van der Waals surface area contributed by atoms with E-state index >= 15 is 0 Å². The van der Waals surface area contributed by atoms with Crippen molar-refractivity contribution in [1.29, 1.82) is 0 Å². The van der Waals surface area contributed by atoms with Crippen molar-refractivity contribution in [2.24, 2.45) is 7.05 Å². The van der Waals surface area contributed by atoms with Crippen LogP contribution in [-0.2, 0) is 7.05 Å². The molecule has 0 aliphatic rings. The molecular weight excluding hydrogens is 292 g/mol. The highest BCUT2D eigenvalue weighted by Crippen LogP contribution is 2.26. The van der Waals surface area contributed by atoms with Crippen LogP contribution in [0.5, 0.6) is 0 Å². The van der Waals surface area contributed by atoms with Crippen molar-refractivity contribution >= 4 is 43.9 Å². The first-order chi connectivity index (χ1) is 9.56. The largest absolute Gasteiger partial charge is 0.339 e. The lowest BCUT2D eigenvalue weighted by Crippen LogP contribution is -2.15. The average molecular weight is 306 g/mol. The standard InChI is InChI=1S/C13H14N4OS2/c1-7(2)12-15-16-13(20-12)14-11(18)9-6-10-8(17(9)3)4-5-19-10/h4-7H,1-3H3,(H,14,16,18). The summed E-state index contributed by atoms with van der Waals surface area (Å²) in [6, 6.07) is 3.92. The van der Waals surface area contributed by atoms with Crippen LogP contribution >= 0.6 is 22.7 Å². The van der Waals surface area contributed by atoms with E-state index in [0.29, 0.717) is 16.7 Å². The maximum atomic E-state index is 12.3. The molecule has 0 saturated carbocycles. The van der Waals surface area contributed by atoms with E-state index in [-0.39, 0.29) is 5.91 Å². The first-order valence-electron chi connectivity index (χ1n) is 6.24. The minimum atomic E-state index is -0.151. The quantitative estimate of drug-likeness (QED) is 0.806. The van der Waals surface area contributed by atoms with Crippen molar-refractivity contribution in [3.05, 3.63) is 28.2 Å². The van der Waals surface area contributed by atoms with Crippen LogP contribution in [0.4, 0.5) is 5.13 Å². The van der Waals surface area contributed by atoms with Gasteiger partial charge in [-0.1, -0.05) is 25.2 Å². The van der Waals surface area contributed by atoms with Crippen LogP contribution in [0.3, 0.4) is 0 Å². The SMILES string of the molecule is CC(C)c1nnc(NC(=O)c2cc3sccc3n2C)s1. The number of hydrogen-bond donors (Lipinski definition) is 1. The van der Waals surface area contributed by atoms with E-state index in [9.17, 15) is 4.79 Å². The second kappa shape index (κ2) is 4.99. The molecule has 0 unspecified atom stereocenters. The monoisotopic (exact) mass is 306 g/mol. The molecule has 0 saturated heterocycles. The minimum absolute atomic E-state index is 0.151. The Morgan fingerprint density at radius 2 is 2.20 bits per heavy atom. The highest BCUT2D eigenvalue weighted by molar-refractivity contribution is 7.17. The number of rotatable bonds is 3. The topological polar surface area (TPSA) is 59.8 Å².